The molecule has 5 heteroatoms. The molecule has 1 fully saturated rings. The van der Waals surface area contributed by atoms with E-state index in [4.69, 9.17) is 5.11 Å². The van der Waals surface area contributed by atoms with Crippen molar-refractivity contribution in [1.29, 1.82) is 0 Å². The van der Waals surface area contributed by atoms with Crippen LogP contribution in [-0.4, -0.2) is 27.4 Å². The van der Waals surface area contributed by atoms with Gasteiger partial charge in [-0.2, -0.15) is 0 Å². The number of nitrogens with zero attached hydrogens (tertiary/aromatic N) is 1. The topological polar surface area (TPSA) is 79.5 Å². The summed E-state index contributed by atoms with van der Waals surface area (Å²) in [6.07, 6.45) is 7.71. The first-order chi connectivity index (χ1) is 8.59. The molecule has 5 nitrogen and oxygen atoms in total. The number of aromatic carboxylic acids is 1. The smallest absolute Gasteiger partial charge is 0.341 e. The molecule has 0 aromatic carbocycles. The number of hydrogen-bond acceptors (Lipinski definition) is 3. The molecule has 1 heterocycles. The van der Waals surface area contributed by atoms with Crippen LogP contribution in [0.1, 0.15) is 49.9 Å². The molecule has 106 valence electrons. The summed E-state index contributed by atoms with van der Waals surface area (Å²) in [5.41, 5.74) is -1.19. The lowest BCUT2D eigenvalue weighted by molar-refractivity contribution is 0.0685. The van der Waals surface area contributed by atoms with E-state index >= 15 is 0 Å². The number of carbonyl (C=O) groups is 1. The highest BCUT2D eigenvalue weighted by molar-refractivity contribution is 5.86. The van der Waals surface area contributed by atoms with Crippen LogP contribution in [0.25, 0.3) is 0 Å². The van der Waals surface area contributed by atoms with Gasteiger partial charge < -0.3 is 14.8 Å². The van der Waals surface area contributed by atoms with Crippen molar-refractivity contribution in [3.05, 3.63) is 34.2 Å². The summed E-state index contributed by atoms with van der Waals surface area (Å²) < 4.78 is 1.71. The van der Waals surface area contributed by atoms with Gasteiger partial charge in [0.2, 0.25) is 0 Å². The van der Waals surface area contributed by atoms with Crippen LogP contribution in [-0.2, 0) is 5.54 Å². The Hall–Kier alpha value is -1.62. The van der Waals surface area contributed by atoms with Crippen molar-refractivity contribution in [2.75, 3.05) is 6.61 Å². The first-order valence-corrected chi connectivity index (χ1v) is 6.16. The SMILES string of the molecule is C.O=C(O)c1cn(C2(CO)CCCCC2)ccc1=O. The highest BCUT2D eigenvalue weighted by atomic mass is 16.4. The van der Waals surface area contributed by atoms with E-state index in [0.717, 1.165) is 32.1 Å². The fourth-order valence-electron chi connectivity index (χ4n) is 2.65. The van der Waals surface area contributed by atoms with Crippen molar-refractivity contribution in [3.8, 4) is 0 Å². The molecule has 1 aliphatic carbocycles. The van der Waals surface area contributed by atoms with Crippen LogP contribution in [0.3, 0.4) is 0 Å². The predicted octanol–water partition coefficient (Wildman–Crippen LogP) is 1.83. The highest BCUT2D eigenvalue weighted by Gasteiger charge is 2.33. The van der Waals surface area contributed by atoms with Crippen molar-refractivity contribution >= 4 is 5.97 Å². The molecule has 2 N–H and O–H groups in total. The van der Waals surface area contributed by atoms with Gasteiger partial charge >= 0.3 is 5.97 Å². The molecule has 0 saturated heterocycles. The Labute approximate surface area is 112 Å². The van der Waals surface area contributed by atoms with Crippen LogP contribution < -0.4 is 5.43 Å². The van der Waals surface area contributed by atoms with Gasteiger partial charge in [-0.25, -0.2) is 4.79 Å². The molecule has 0 unspecified atom stereocenters. The molecule has 0 aliphatic heterocycles. The van der Waals surface area contributed by atoms with Gasteiger partial charge in [-0.15, -0.1) is 0 Å². The molecule has 1 aliphatic rings. The Kier molecular flexibility index (Phi) is 4.89. The van der Waals surface area contributed by atoms with Crippen LogP contribution in [0.5, 0.6) is 0 Å². The van der Waals surface area contributed by atoms with Gasteiger partial charge in [-0.05, 0) is 12.8 Å². The minimum absolute atomic E-state index is 0. The van der Waals surface area contributed by atoms with Crippen molar-refractivity contribution in [1.82, 2.24) is 4.57 Å². The molecule has 0 radical (unpaired) electrons. The average molecular weight is 267 g/mol. The van der Waals surface area contributed by atoms with Gasteiger partial charge in [0.05, 0.1) is 12.1 Å². The third-order valence-electron chi connectivity index (χ3n) is 3.78. The predicted molar refractivity (Wildman–Crippen MR) is 72.5 cm³/mol. The molecule has 19 heavy (non-hydrogen) atoms. The second-order valence-corrected chi connectivity index (χ2v) is 4.88. The fourth-order valence-corrected chi connectivity index (χ4v) is 2.65. The van der Waals surface area contributed by atoms with Crippen molar-refractivity contribution in [2.45, 2.75) is 45.1 Å². The minimum atomic E-state index is -1.22. The molecular formula is C14H21NO4. The lowest BCUT2D eigenvalue weighted by atomic mass is 9.82. The largest absolute Gasteiger partial charge is 0.477 e. The summed E-state index contributed by atoms with van der Waals surface area (Å²) >= 11 is 0. The quantitative estimate of drug-likeness (QED) is 0.875. The fraction of sp³-hybridized carbons (Fsp3) is 0.571. The minimum Gasteiger partial charge on any atom is -0.477 e. The maximum atomic E-state index is 11.4. The molecular weight excluding hydrogens is 246 g/mol. The Balaban J connectivity index is 0.00000180. The monoisotopic (exact) mass is 267 g/mol. The van der Waals surface area contributed by atoms with E-state index in [0.29, 0.717) is 0 Å². The van der Waals surface area contributed by atoms with Crippen LogP contribution in [0.4, 0.5) is 0 Å². The summed E-state index contributed by atoms with van der Waals surface area (Å²) in [4.78, 5) is 22.4. The van der Waals surface area contributed by atoms with E-state index in [1.165, 1.54) is 12.3 Å². The maximum Gasteiger partial charge on any atom is 0.341 e. The first-order valence-electron chi connectivity index (χ1n) is 6.16. The van der Waals surface area contributed by atoms with Crippen LogP contribution in [0.15, 0.2) is 23.3 Å². The number of carboxylic acid groups (broad SMARTS) is 1. The molecule has 0 amide bonds. The number of aromatic nitrogens is 1. The van der Waals surface area contributed by atoms with E-state index in [9.17, 15) is 14.7 Å². The first kappa shape index (κ1) is 15.4. The summed E-state index contributed by atoms with van der Waals surface area (Å²) in [6, 6.07) is 1.26. The normalized spacial score (nSPS) is 17.5. The molecule has 2 rings (SSSR count). The third-order valence-corrected chi connectivity index (χ3v) is 3.78. The maximum absolute atomic E-state index is 11.4. The molecule has 0 spiro atoms. The molecule has 1 saturated carbocycles. The van der Waals surface area contributed by atoms with Crippen LogP contribution >= 0.6 is 0 Å². The Bertz CT molecular complexity index is 500. The van der Waals surface area contributed by atoms with Gasteiger partial charge in [-0.3, -0.25) is 4.79 Å². The number of pyridine rings is 1. The average Bonchev–Trinajstić information content (AvgIpc) is 2.39. The lowest BCUT2D eigenvalue weighted by Crippen LogP contribution is -2.40. The zero-order valence-corrected chi connectivity index (χ0v) is 10.1. The molecule has 1 aromatic rings. The number of carboxylic acids is 1. The third kappa shape index (κ3) is 2.87. The zero-order chi connectivity index (χ0) is 13.2. The van der Waals surface area contributed by atoms with Gasteiger partial charge in [0.1, 0.15) is 5.56 Å². The molecule has 1 aromatic heterocycles. The van der Waals surface area contributed by atoms with Crippen LogP contribution in [0, 0.1) is 0 Å². The van der Waals surface area contributed by atoms with E-state index < -0.39 is 16.9 Å². The van der Waals surface area contributed by atoms with E-state index in [2.05, 4.69) is 0 Å². The number of hydrogen-bond donors (Lipinski definition) is 2. The van der Waals surface area contributed by atoms with E-state index in [-0.39, 0.29) is 19.6 Å². The van der Waals surface area contributed by atoms with Gasteiger partial charge in [0.25, 0.3) is 0 Å². The van der Waals surface area contributed by atoms with E-state index in [1.54, 1.807) is 10.8 Å². The Morgan fingerprint density at radius 3 is 2.47 bits per heavy atom. The Morgan fingerprint density at radius 2 is 1.95 bits per heavy atom. The second kappa shape index (κ2) is 6.02. The van der Waals surface area contributed by atoms with Gasteiger partial charge in [-0.1, -0.05) is 26.7 Å². The number of rotatable bonds is 3. The second-order valence-electron chi connectivity index (χ2n) is 4.88. The summed E-state index contributed by atoms with van der Waals surface area (Å²) in [6.45, 7) is -0.0328. The van der Waals surface area contributed by atoms with Gasteiger partial charge in [0, 0.05) is 18.5 Å². The van der Waals surface area contributed by atoms with Crippen molar-refractivity contribution in [2.24, 2.45) is 0 Å². The standard InChI is InChI=1S/C13H17NO4.CH4/c15-9-13(5-2-1-3-6-13)14-7-4-11(16)10(8-14)12(17)18;/h4,7-8,15H,1-3,5-6,9H2,(H,17,18);1H4. The summed E-state index contributed by atoms with van der Waals surface area (Å²) in [5.74, 6) is -1.22. The lowest BCUT2D eigenvalue weighted by Gasteiger charge is -2.38. The number of aliphatic hydroxyl groups is 1. The molecule has 0 atom stereocenters. The zero-order valence-electron chi connectivity index (χ0n) is 10.1. The number of aliphatic hydroxyl groups excluding tert-OH is 1. The highest BCUT2D eigenvalue weighted by Crippen LogP contribution is 2.34. The molecule has 0 bridgehead atoms. The Morgan fingerprint density at radius 1 is 1.32 bits per heavy atom. The van der Waals surface area contributed by atoms with Gasteiger partial charge in [0.15, 0.2) is 5.43 Å². The van der Waals surface area contributed by atoms with Crippen LogP contribution in [0.2, 0.25) is 0 Å². The summed E-state index contributed by atoms with van der Waals surface area (Å²) in [5, 5.41) is 18.6. The summed E-state index contributed by atoms with van der Waals surface area (Å²) in [7, 11) is 0. The van der Waals surface area contributed by atoms with Crippen molar-refractivity contribution < 1.29 is 15.0 Å². The van der Waals surface area contributed by atoms with E-state index in [1.807, 2.05) is 0 Å². The van der Waals surface area contributed by atoms with Crippen molar-refractivity contribution in [3.63, 3.8) is 0 Å².